The molecule has 0 aliphatic carbocycles. The summed E-state index contributed by atoms with van der Waals surface area (Å²) in [7, 11) is 9.57. The zero-order valence-electron chi connectivity index (χ0n) is 21.8. The second-order valence-corrected chi connectivity index (χ2v) is 8.86. The molecule has 2 heterocycles. The Bertz CT molecular complexity index is 1430. The van der Waals surface area contributed by atoms with Crippen molar-refractivity contribution in [1.82, 2.24) is 24.4 Å². The molecule has 0 saturated heterocycles. The number of nitrogens with one attached hydrogen (secondary N) is 2. The number of aryl methyl sites for hydroxylation is 1. The summed E-state index contributed by atoms with van der Waals surface area (Å²) in [5.74, 6) is 1.38. The SMILES string of the molecule is C=CC(=O)Nc1cc(Nc2nccc(-c3nc4ccccc4n3C)n2)c(OC)cc1N(C)CCN(C)C. The largest absolute Gasteiger partial charge is 0.494 e. The topological polar surface area (TPSA) is 100 Å². The average molecular weight is 501 g/mol. The molecule has 2 aromatic heterocycles. The highest BCUT2D eigenvalue weighted by molar-refractivity contribution is 6.02. The van der Waals surface area contributed by atoms with Gasteiger partial charge in [-0.3, -0.25) is 4.79 Å². The molecule has 4 aromatic rings. The zero-order valence-corrected chi connectivity index (χ0v) is 21.8. The fraction of sp³-hybridized carbons (Fsp3) is 0.259. The first kappa shape index (κ1) is 25.6. The number of aromatic nitrogens is 4. The van der Waals surface area contributed by atoms with Crippen molar-refractivity contribution in [3.8, 4) is 17.3 Å². The summed E-state index contributed by atoms with van der Waals surface area (Å²) in [6.07, 6.45) is 2.92. The minimum Gasteiger partial charge on any atom is -0.494 e. The van der Waals surface area contributed by atoms with Gasteiger partial charge in [-0.25, -0.2) is 15.0 Å². The lowest BCUT2D eigenvalue weighted by Crippen LogP contribution is -2.29. The Morgan fingerprint density at radius 1 is 1.11 bits per heavy atom. The molecule has 2 N–H and O–H groups in total. The summed E-state index contributed by atoms with van der Waals surface area (Å²) in [4.78, 5) is 30.2. The molecule has 0 atom stereocenters. The van der Waals surface area contributed by atoms with Crippen LogP contribution >= 0.6 is 0 Å². The summed E-state index contributed by atoms with van der Waals surface area (Å²) in [6.45, 7) is 5.17. The van der Waals surface area contributed by atoms with E-state index in [0.29, 0.717) is 28.8 Å². The molecule has 0 spiro atoms. The Kier molecular flexibility index (Phi) is 7.69. The van der Waals surface area contributed by atoms with E-state index in [-0.39, 0.29) is 5.91 Å². The van der Waals surface area contributed by atoms with Crippen LogP contribution in [0.5, 0.6) is 5.75 Å². The minimum atomic E-state index is -0.307. The van der Waals surface area contributed by atoms with Crippen molar-refractivity contribution in [3.05, 3.63) is 61.3 Å². The van der Waals surface area contributed by atoms with E-state index < -0.39 is 0 Å². The van der Waals surface area contributed by atoms with E-state index >= 15 is 0 Å². The zero-order chi connectivity index (χ0) is 26.5. The monoisotopic (exact) mass is 500 g/mol. The van der Waals surface area contributed by atoms with E-state index in [0.717, 1.165) is 35.6 Å². The van der Waals surface area contributed by atoms with Gasteiger partial charge in [0.15, 0.2) is 5.82 Å². The standard InChI is InChI=1S/C27H32N8O2/c1-7-25(36)29-20-16-21(24(37-6)17-23(20)34(4)15-14-33(2)3)32-27-28-13-12-19(31-27)26-30-18-10-8-9-11-22(18)35(26)5/h7-13,16-17H,1,14-15H2,2-6H3,(H,29,36)(H,28,31,32). The van der Waals surface area contributed by atoms with Crippen LogP contribution in [0.25, 0.3) is 22.6 Å². The Labute approximate surface area is 216 Å². The van der Waals surface area contributed by atoms with Gasteiger partial charge in [-0.05, 0) is 44.4 Å². The van der Waals surface area contributed by atoms with Crippen LogP contribution < -0.4 is 20.3 Å². The first-order valence-electron chi connectivity index (χ1n) is 11.8. The van der Waals surface area contributed by atoms with Crippen molar-refractivity contribution in [2.24, 2.45) is 7.05 Å². The Balaban J connectivity index is 1.70. The number of benzene rings is 2. The van der Waals surface area contributed by atoms with Crippen LogP contribution in [0.15, 0.2) is 61.3 Å². The molecular weight excluding hydrogens is 468 g/mol. The third-order valence-electron chi connectivity index (χ3n) is 5.97. The highest BCUT2D eigenvalue weighted by Crippen LogP contribution is 2.38. The predicted octanol–water partition coefficient (Wildman–Crippen LogP) is 3.90. The van der Waals surface area contributed by atoms with Crippen molar-refractivity contribution in [3.63, 3.8) is 0 Å². The van der Waals surface area contributed by atoms with Crippen LogP contribution in [0.4, 0.5) is 23.0 Å². The van der Waals surface area contributed by atoms with Gasteiger partial charge in [0.2, 0.25) is 11.9 Å². The van der Waals surface area contributed by atoms with Gasteiger partial charge in [0, 0.05) is 39.4 Å². The van der Waals surface area contributed by atoms with Crippen LogP contribution in [-0.2, 0) is 11.8 Å². The van der Waals surface area contributed by atoms with Crippen molar-refractivity contribution in [1.29, 1.82) is 0 Å². The highest BCUT2D eigenvalue weighted by atomic mass is 16.5. The van der Waals surface area contributed by atoms with E-state index in [4.69, 9.17) is 14.7 Å². The smallest absolute Gasteiger partial charge is 0.247 e. The molecule has 4 rings (SSSR count). The molecule has 1 amide bonds. The molecule has 0 bridgehead atoms. The molecule has 0 aliphatic heterocycles. The summed E-state index contributed by atoms with van der Waals surface area (Å²) < 4.78 is 7.69. The number of fused-ring (bicyclic) bond motifs is 1. The van der Waals surface area contributed by atoms with Crippen molar-refractivity contribution >= 4 is 40.0 Å². The van der Waals surface area contributed by atoms with Crippen LogP contribution in [-0.4, -0.2) is 71.7 Å². The maximum absolute atomic E-state index is 12.2. The molecule has 10 heteroatoms. The van der Waals surface area contributed by atoms with Crippen molar-refractivity contribution < 1.29 is 9.53 Å². The quantitative estimate of drug-likeness (QED) is 0.316. The van der Waals surface area contributed by atoms with Crippen LogP contribution in [0, 0.1) is 0 Å². The predicted molar refractivity (Wildman–Crippen MR) is 149 cm³/mol. The number of para-hydroxylation sites is 2. The normalized spacial score (nSPS) is 11.0. The molecule has 0 aliphatic rings. The van der Waals surface area contributed by atoms with Crippen LogP contribution in [0.3, 0.4) is 0 Å². The third-order valence-corrected chi connectivity index (χ3v) is 5.97. The third kappa shape index (κ3) is 5.70. The summed E-state index contributed by atoms with van der Waals surface area (Å²) in [5.41, 5.74) is 4.62. The average Bonchev–Trinajstić information content (AvgIpc) is 3.24. The second-order valence-electron chi connectivity index (χ2n) is 8.86. The molecule has 192 valence electrons. The van der Waals surface area contributed by atoms with Gasteiger partial charge in [-0.2, -0.15) is 0 Å². The highest BCUT2D eigenvalue weighted by Gasteiger charge is 2.17. The van der Waals surface area contributed by atoms with Gasteiger partial charge in [0.1, 0.15) is 11.4 Å². The number of ether oxygens (including phenoxy) is 1. The Morgan fingerprint density at radius 3 is 2.59 bits per heavy atom. The number of anilines is 4. The summed E-state index contributed by atoms with van der Waals surface area (Å²) in [6, 6.07) is 13.5. The molecular formula is C27H32N8O2. The number of carbonyl (C=O) groups excluding carboxylic acids is 1. The fourth-order valence-corrected chi connectivity index (χ4v) is 3.94. The van der Waals surface area contributed by atoms with Crippen LogP contribution in [0.1, 0.15) is 0 Å². The molecule has 0 unspecified atom stereocenters. The van der Waals surface area contributed by atoms with Gasteiger partial charge in [-0.15, -0.1) is 0 Å². The van der Waals surface area contributed by atoms with Gasteiger partial charge in [0.25, 0.3) is 0 Å². The molecule has 0 saturated carbocycles. The van der Waals surface area contributed by atoms with Gasteiger partial charge in [0.05, 0.1) is 35.2 Å². The maximum atomic E-state index is 12.2. The van der Waals surface area contributed by atoms with E-state index in [9.17, 15) is 4.79 Å². The fourth-order valence-electron chi connectivity index (χ4n) is 3.94. The van der Waals surface area contributed by atoms with E-state index in [1.807, 2.05) is 75.2 Å². The van der Waals surface area contributed by atoms with E-state index in [2.05, 4.69) is 32.0 Å². The van der Waals surface area contributed by atoms with Gasteiger partial charge >= 0.3 is 0 Å². The maximum Gasteiger partial charge on any atom is 0.247 e. The number of methoxy groups -OCH3 is 1. The Morgan fingerprint density at radius 2 is 1.89 bits per heavy atom. The molecule has 37 heavy (non-hydrogen) atoms. The number of nitrogens with zero attached hydrogens (tertiary/aromatic N) is 6. The van der Waals surface area contributed by atoms with Gasteiger partial charge in [-0.1, -0.05) is 18.7 Å². The number of rotatable bonds is 10. The van der Waals surface area contributed by atoms with E-state index in [1.165, 1.54) is 6.08 Å². The first-order valence-corrected chi connectivity index (χ1v) is 11.8. The lowest BCUT2D eigenvalue weighted by Gasteiger charge is -2.26. The molecule has 10 nitrogen and oxygen atoms in total. The molecule has 0 fully saturated rings. The minimum absolute atomic E-state index is 0.307. The van der Waals surface area contributed by atoms with Crippen LogP contribution in [0.2, 0.25) is 0 Å². The lowest BCUT2D eigenvalue weighted by atomic mass is 10.2. The number of hydrogen-bond donors (Lipinski definition) is 2. The lowest BCUT2D eigenvalue weighted by molar-refractivity contribution is -0.111. The van der Waals surface area contributed by atoms with Crippen molar-refractivity contribution in [2.75, 3.05) is 56.9 Å². The number of amides is 1. The van der Waals surface area contributed by atoms with Crippen molar-refractivity contribution in [2.45, 2.75) is 0 Å². The number of hydrogen-bond acceptors (Lipinski definition) is 8. The number of imidazole rings is 1. The first-order chi connectivity index (χ1) is 17.8. The molecule has 0 radical (unpaired) electrons. The second kappa shape index (κ2) is 11.1. The number of carbonyl (C=O) groups is 1. The van der Waals surface area contributed by atoms with E-state index in [1.54, 1.807) is 13.3 Å². The number of likely N-dealkylation sites (N-methyl/N-ethyl adjacent to an activating group) is 2. The summed E-state index contributed by atoms with van der Waals surface area (Å²) >= 11 is 0. The van der Waals surface area contributed by atoms with Gasteiger partial charge < -0.3 is 29.7 Å². The Hall–Kier alpha value is -4.44. The molecule has 2 aromatic carbocycles. The summed E-state index contributed by atoms with van der Waals surface area (Å²) in [5, 5.41) is 6.15.